The van der Waals surface area contributed by atoms with Crippen molar-refractivity contribution in [3.8, 4) is 0 Å². The SMILES string of the molecule is CCCC(=O)Nc1cnc(NC(=O)C2CC2)cc1C. The lowest BCUT2D eigenvalue weighted by atomic mass is 10.2. The van der Waals surface area contributed by atoms with E-state index in [-0.39, 0.29) is 17.7 Å². The summed E-state index contributed by atoms with van der Waals surface area (Å²) in [4.78, 5) is 27.3. The first-order chi connectivity index (χ1) is 9.10. The highest BCUT2D eigenvalue weighted by Gasteiger charge is 2.29. The minimum absolute atomic E-state index is 0.0119. The van der Waals surface area contributed by atoms with Crippen LogP contribution in [-0.4, -0.2) is 16.8 Å². The van der Waals surface area contributed by atoms with Gasteiger partial charge in [0.2, 0.25) is 11.8 Å². The Morgan fingerprint density at radius 1 is 1.37 bits per heavy atom. The number of amides is 2. The Kier molecular flexibility index (Phi) is 4.14. The summed E-state index contributed by atoms with van der Waals surface area (Å²) in [6.45, 7) is 3.84. The zero-order valence-electron chi connectivity index (χ0n) is 11.3. The molecule has 102 valence electrons. The van der Waals surface area contributed by atoms with Crippen LogP contribution in [0.2, 0.25) is 0 Å². The first-order valence-corrected chi connectivity index (χ1v) is 6.67. The lowest BCUT2D eigenvalue weighted by Gasteiger charge is -2.10. The average molecular weight is 261 g/mol. The van der Waals surface area contributed by atoms with Crippen LogP contribution in [0.4, 0.5) is 11.5 Å². The molecule has 19 heavy (non-hydrogen) atoms. The fourth-order valence-electron chi connectivity index (χ4n) is 1.77. The van der Waals surface area contributed by atoms with Crippen molar-refractivity contribution >= 4 is 23.3 Å². The first-order valence-electron chi connectivity index (χ1n) is 6.67. The molecule has 1 heterocycles. The molecule has 1 aliphatic carbocycles. The highest BCUT2D eigenvalue weighted by molar-refractivity contribution is 5.94. The zero-order chi connectivity index (χ0) is 13.8. The number of rotatable bonds is 5. The first kappa shape index (κ1) is 13.5. The zero-order valence-corrected chi connectivity index (χ0v) is 11.3. The fraction of sp³-hybridized carbons (Fsp3) is 0.500. The summed E-state index contributed by atoms with van der Waals surface area (Å²) in [6.07, 6.45) is 4.84. The van der Waals surface area contributed by atoms with Gasteiger partial charge in [0.15, 0.2) is 0 Å². The Morgan fingerprint density at radius 2 is 2.11 bits per heavy atom. The van der Waals surface area contributed by atoms with Crippen molar-refractivity contribution in [1.82, 2.24) is 4.98 Å². The largest absolute Gasteiger partial charge is 0.325 e. The molecular weight excluding hydrogens is 242 g/mol. The maximum Gasteiger partial charge on any atom is 0.228 e. The van der Waals surface area contributed by atoms with Crippen LogP contribution >= 0.6 is 0 Å². The van der Waals surface area contributed by atoms with E-state index in [0.717, 1.165) is 24.8 Å². The molecule has 1 saturated carbocycles. The summed E-state index contributed by atoms with van der Waals surface area (Å²) >= 11 is 0. The third-order valence-electron chi connectivity index (χ3n) is 3.06. The van der Waals surface area contributed by atoms with Crippen LogP contribution in [0.5, 0.6) is 0 Å². The summed E-state index contributed by atoms with van der Waals surface area (Å²) in [5.74, 6) is 0.728. The molecule has 0 aromatic carbocycles. The van der Waals surface area contributed by atoms with Gasteiger partial charge in [-0.15, -0.1) is 0 Å². The molecule has 0 spiro atoms. The predicted molar refractivity (Wildman–Crippen MR) is 73.9 cm³/mol. The molecule has 0 atom stereocenters. The highest BCUT2D eigenvalue weighted by Crippen LogP contribution is 2.30. The van der Waals surface area contributed by atoms with Crippen LogP contribution in [0.25, 0.3) is 0 Å². The summed E-state index contributed by atoms with van der Waals surface area (Å²) in [7, 11) is 0. The molecule has 1 aromatic rings. The maximum absolute atomic E-state index is 11.6. The Hall–Kier alpha value is -1.91. The number of pyridine rings is 1. The number of nitrogens with one attached hydrogen (secondary N) is 2. The Labute approximate surface area is 112 Å². The average Bonchev–Trinajstić information content (AvgIpc) is 3.17. The van der Waals surface area contributed by atoms with Gasteiger partial charge in [0.1, 0.15) is 5.82 Å². The number of nitrogens with zero attached hydrogens (tertiary/aromatic N) is 1. The lowest BCUT2D eigenvalue weighted by molar-refractivity contribution is -0.117. The van der Waals surface area contributed by atoms with Gasteiger partial charge in [-0.2, -0.15) is 0 Å². The summed E-state index contributed by atoms with van der Waals surface area (Å²) in [5.41, 5.74) is 1.59. The Bertz CT molecular complexity index is 495. The van der Waals surface area contributed by atoms with Crippen LogP contribution in [0.3, 0.4) is 0 Å². The second kappa shape index (κ2) is 5.82. The van der Waals surface area contributed by atoms with E-state index >= 15 is 0 Å². The van der Waals surface area contributed by atoms with Crippen LogP contribution in [0.15, 0.2) is 12.3 Å². The second-order valence-corrected chi connectivity index (χ2v) is 4.95. The van der Waals surface area contributed by atoms with Gasteiger partial charge in [-0.05, 0) is 37.8 Å². The molecule has 5 nitrogen and oxygen atoms in total. The van der Waals surface area contributed by atoms with Crippen molar-refractivity contribution in [2.24, 2.45) is 5.92 Å². The number of carbonyl (C=O) groups excluding carboxylic acids is 2. The molecule has 2 rings (SSSR count). The van der Waals surface area contributed by atoms with Gasteiger partial charge in [-0.25, -0.2) is 4.98 Å². The molecule has 1 fully saturated rings. The van der Waals surface area contributed by atoms with Gasteiger partial charge >= 0.3 is 0 Å². The van der Waals surface area contributed by atoms with Gasteiger partial charge < -0.3 is 10.6 Å². The molecule has 2 amide bonds. The van der Waals surface area contributed by atoms with Crippen LogP contribution in [0, 0.1) is 12.8 Å². The molecule has 1 aromatic heterocycles. The van der Waals surface area contributed by atoms with E-state index in [2.05, 4.69) is 15.6 Å². The standard InChI is InChI=1S/C14H19N3O2/c1-3-4-13(18)16-11-8-15-12(7-9(11)2)17-14(19)10-5-6-10/h7-8,10H,3-6H2,1-2H3,(H,16,18)(H,15,17,19). The number of aromatic nitrogens is 1. The topological polar surface area (TPSA) is 71.1 Å². The van der Waals surface area contributed by atoms with Crippen LogP contribution in [-0.2, 0) is 9.59 Å². The van der Waals surface area contributed by atoms with Crippen molar-refractivity contribution in [1.29, 1.82) is 0 Å². The van der Waals surface area contributed by atoms with E-state index in [0.29, 0.717) is 17.9 Å². The molecule has 0 unspecified atom stereocenters. The van der Waals surface area contributed by atoms with Gasteiger partial charge in [0, 0.05) is 12.3 Å². The van der Waals surface area contributed by atoms with Crippen molar-refractivity contribution in [3.05, 3.63) is 17.8 Å². The molecule has 0 aliphatic heterocycles. The molecule has 2 N–H and O–H groups in total. The monoisotopic (exact) mass is 261 g/mol. The third kappa shape index (κ3) is 3.77. The lowest BCUT2D eigenvalue weighted by Crippen LogP contribution is -2.15. The van der Waals surface area contributed by atoms with Crippen LogP contribution < -0.4 is 10.6 Å². The normalized spacial score (nSPS) is 14.0. The molecule has 0 bridgehead atoms. The minimum Gasteiger partial charge on any atom is -0.325 e. The third-order valence-corrected chi connectivity index (χ3v) is 3.06. The predicted octanol–water partition coefficient (Wildman–Crippen LogP) is 2.48. The van der Waals surface area contributed by atoms with Crippen molar-refractivity contribution < 1.29 is 9.59 Å². The quantitative estimate of drug-likeness (QED) is 0.855. The number of hydrogen-bond donors (Lipinski definition) is 2. The summed E-state index contributed by atoms with van der Waals surface area (Å²) in [5, 5.41) is 5.60. The summed E-state index contributed by atoms with van der Waals surface area (Å²) < 4.78 is 0. The van der Waals surface area contributed by atoms with E-state index in [4.69, 9.17) is 0 Å². The number of hydrogen-bond acceptors (Lipinski definition) is 3. The van der Waals surface area contributed by atoms with Gasteiger partial charge in [0.25, 0.3) is 0 Å². The van der Waals surface area contributed by atoms with E-state index in [1.807, 2.05) is 13.8 Å². The molecule has 5 heteroatoms. The number of aryl methyl sites for hydroxylation is 1. The second-order valence-electron chi connectivity index (χ2n) is 4.95. The van der Waals surface area contributed by atoms with E-state index in [1.165, 1.54) is 0 Å². The molecular formula is C14H19N3O2. The molecule has 1 aliphatic rings. The number of anilines is 2. The Balaban J connectivity index is 1.99. The van der Waals surface area contributed by atoms with E-state index < -0.39 is 0 Å². The van der Waals surface area contributed by atoms with Crippen LogP contribution in [0.1, 0.15) is 38.2 Å². The van der Waals surface area contributed by atoms with Gasteiger partial charge in [0.05, 0.1) is 11.9 Å². The smallest absolute Gasteiger partial charge is 0.228 e. The van der Waals surface area contributed by atoms with Crippen molar-refractivity contribution in [3.63, 3.8) is 0 Å². The van der Waals surface area contributed by atoms with Gasteiger partial charge in [-0.1, -0.05) is 6.92 Å². The fourth-order valence-corrected chi connectivity index (χ4v) is 1.77. The van der Waals surface area contributed by atoms with E-state index in [1.54, 1.807) is 12.3 Å². The Morgan fingerprint density at radius 3 is 2.68 bits per heavy atom. The van der Waals surface area contributed by atoms with Crippen molar-refractivity contribution in [2.45, 2.75) is 39.5 Å². The highest BCUT2D eigenvalue weighted by atomic mass is 16.2. The maximum atomic E-state index is 11.6. The van der Waals surface area contributed by atoms with Gasteiger partial charge in [-0.3, -0.25) is 9.59 Å². The van der Waals surface area contributed by atoms with Crippen molar-refractivity contribution in [2.75, 3.05) is 10.6 Å². The summed E-state index contributed by atoms with van der Waals surface area (Å²) in [6, 6.07) is 1.78. The molecule has 0 saturated heterocycles. The number of carbonyl (C=O) groups is 2. The minimum atomic E-state index is -0.0119. The van der Waals surface area contributed by atoms with E-state index in [9.17, 15) is 9.59 Å². The molecule has 0 radical (unpaired) electrons.